The fraction of sp³-hybridized carbons (Fsp3) is 0. The van der Waals surface area contributed by atoms with Gasteiger partial charge in [0.1, 0.15) is 0 Å². The first-order chi connectivity index (χ1) is 25.9. The summed E-state index contributed by atoms with van der Waals surface area (Å²) in [5.74, 6) is 0.119. The summed E-state index contributed by atoms with van der Waals surface area (Å²) in [6, 6.07) is 43.9. The summed E-state index contributed by atoms with van der Waals surface area (Å²) in [5, 5.41) is 43.6. The Labute approximate surface area is 307 Å². The molecule has 3 aromatic heterocycles. The van der Waals surface area contributed by atoms with Gasteiger partial charge in [-0.25, -0.2) is 9.97 Å². The monoisotopic (exact) mass is 738 g/mol. The van der Waals surface area contributed by atoms with Gasteiger partial charge in [-0.2, -0.15) is 0 Å². The summed E-state index contributed by atoms with van der Waals surface area (Å²) < 4.78 is 2.18. The number of aromatic nitrogens is 4. The second kappa shape index (κ2) is 14.1. The summed E-state index contributed by atoms with van der Waals surface area (Å²) in [7, 11) is 0. The predicted octanol–water partition coefficient (Wildman–Crippen LogP) is 6.92. The number of rotatable bonds is 4. The second-order valence-electron chi connectivity index (χ2n) is 12.2. The van der Waals surface area contributed by atoms with Gasteiger partial charge in [0.15, 0.2) is 0 Å². The first-order valence-corrected chi connectivity index (χ1v) is 19.0. The van der Waals surface area contributed by atoms with Crippen molar-refractivity contribution in [3.05, 3.63) is 168 Å². The fourth-order valence-corrected chi connectivity index (χ4v) is 11.8. The molecule has 0 atom stereocenters. The normalized spacial score (nSPS) is 12.2. The molecule has 0 fully saturated rings. The Bertz CT molecular complexity index is 2350. The van der Waals surface area contributed by atoms with Crippen molar-refractivity contribution in [2.75, 3.05) is 0 Å². The molecule has 7 aromatic rings. The molecule has 0 radical (unpaired) electrons. The van der Waals surface area contributed by atoms with Gasteiger partial charge in [0.05, 0.1) is 22.8 Å². The Kier molecular flexibility index (Phi) is 8.86. The SMILES string of the molecule is C1=Cc2cc3ccc(cc4nc(cc5ccc(cc1n2)[nH]5)C=C4)[nH]3.Oc1cccc[c]1[Fe]([c]1ccccc1O)([c]1ccccc1O)[c]1ccccc1O. The van der Waals surface area contributed by atoms with Crippen LogP contribution < -0.4 is 17.8 Å². The number of fused-ring (bicyclic) bond motifs is 8. The number of aromatic amines is 2. The zero-order valence-corrected chi connectivity index (χ0v) is 29.3. The van der Waals surface area contributed by atoms with E-state index in [0.717, 1.165) is 44.8 Å². The molecule has 8 bridgehead atoms. The number of benzene rings is 4. The molecule has 0 amide bonds. The van der Waals surface area contributed by atoms with Crippen LogP contribution >= 0.6 is 0 Å². The van der Waals surface area contributed by atoms with E-state index in [9.17, 15) is 20.4 Å². The average Bonchev–Trinajstić information content (AvgIpc) is 3.99. The van der Waals surface area contributed by atoms with Gasteiger partial charge < -0.3 is 9.97 Å². The molecule has 53 heavy (non-hydrogen) atoms. The summed E-state index contributed by atoms with van der Waals surface area (Å²) in [4.78, 5) is 16.0. The minimum absolute atomic E-state index is 0.0299. The van der Waals surface area contributed by atoms with Crippen molar-refractivity contribution in [2.45, 2.75) is 0 Å². The molecule has 9 rings (SSSR count). The number of nitrogens with zero attached hydrogens (tertiary/aromatic N) is 2. The van der Waals surface area contributed by atoms with E-state index < -0.39 is 12.8 Å². The maximum absolute atomic E-state index is 10.9. The number of aromatic hydroxyl groups is 4. The molecule has 0 spiro atoms. The van der Waals surface area contributed by atoms with Crippen molar-refractivity contribution in [2.24, 2.45) is 0 Å². The van der Waals surface area contributed by atoms with Crippen molar-refractivity contribution in [1.29, 1.82) is 0 Å². The number of H-pyrrole nitrogens is 2. The van der Waals surface area contributed by atoms with Crippen LogP contribution in [0.4, 0.5) is 0 Å². The molecule has 2 aliphatic rings. The molecule has 5 heterocycles. The third-order valence-electron chi connectivity index (χ3n) is 8.55. The van der Waals surface area contributed by atoms with E-state index in [2.05, 4.69) is 44.2 Å². The topological polar surface area (TPSA) is 138 Å². The van der Waals surface area contributed by atoms with Crippen LogP contribution in [0.2, 0.25) is 0 Å². The molecule has 0 saturated carbocycles. The molecule has 0 saturated heterocycles. The standard InChI is InChI=1S/C20H14N4.4C6H5O.Fe/c1-2-14-10-16-5-6-18(23-16)12-20-8-7-19(24-20)11-17-4-3-15(22-17)9-13(1)21-14;4*7-6-4-2-1-3-5-6;/h1-12,21,24H;4*1-4,7H;. The van der Waals surface area contributed by atoms with Crippen LogP contribution in [0.3, 0.4) is 0 Å². The van der Waals surface area contributed by atoms with Gasteiger partial charge in [0.25, 0.3) is 0 Å². The van der Waals surface area contributed by atoms with Gasteiger partial charge in [-0.15, -0.1) is 0 Å². The Morgan fingerprint density at radius 2 is 0.585 bits per heavy atom. The van der Waals surface area contributed by atoms with E-state index in [-0.39, 0.29) is 23.0 Å². The van der Waals surface area contributed by atoms with Gasteiger partial charge in [-0.3, -0.25) is 0 Å². The molecule has 4 aromatic carbocycles. The first kappa shape index (κ1) is 33.3. The summed E-state index contributed by atoms with van der Waals surface area (Å²) >= 11 is -3.27. The number of hydrogen-bond donors (Lipinski definition) is 6. The molecule has 0 unspecified atom stereocenters. The van der Waals surface area contributed by atoms with Crippen LogP contribution in [0.25, 0.3) is 46.4 Å². The van der Waals surface area contributed by atoms with E-state index in [4.69, 9.17) is 0 Å². The fourth-order valence-electron chi connectivity index (χ4n) is 6.25. The molecule has 262 valence electrons. The van der Waals surface area contributed by atoms with Crippen LogP contribution in [0.15, 0.2) is 146 Å². The average molecular weight is 739 g/mol. The van der Waals surface area contributed by atoms with E-state index in [1.807, 2.05) is 48.6 Å². The Balaban J connectivity index is 0.000000153. The number of phenols is 4. The van der Waals surface area contributed by atoms with E-state index >= 15 is 0 Å². The molecule has 6 N–H and O–H groups in total. The number of hydrogen-bond acceptors (Lipinski definition) is 6. The first-order valence-electron chi connectivity index (χ1n) is 16.8. The summed E-state index contributed by atoms with van der Waals surface area (Å²) in [6.45, 7) is 0. The Morgan fingerprint density at radius 3 is 0.830 bits per heavy atom. The van der Waals surface area contributed by atoms with Gasteiger partial charge in [0, 0.05) is 22.1 Å². The zero-order chi connectivity index (χ0) is 36.4. The molecular formula is C44H34FeN4O4. The van der Waals surface area contributed by atoms with Gasteiger partial charge in [0.2, 0.25) is 0 Å². The predicted molar refractivity (Wildman–Crippen MR) is 210 cm³/mol. The van der Waals surface area contributed by atoms with Crippen LogP contribution in [-0.4, -0.2) is 40.4 Å². The van der Waals surface area contributed by atoms with Crippen molar-refractivity contribution in [3.8, 4) is 23.0 Å². The Hall–Kier alpha value is -6.80. The van der Waals surface area contributed by atoms with Gasteiger partial charge in [-0.05, 0) is 72.8 Å². The number of nitrogens with one attached hydrogen (secondary N) is 2. The van der Waals surface area contributed by atoms with Crippen LogP contribution in [0.1, 0.15) is 22.8 Å². The van der Waals surface area contributed by atoms with Gasteiger partial charge >= 0.3 is 171 Å². The zero-order valence-electron chi connectivity index (χ0n) is 28.2. The Morgan fingerprint density at radius 1 is 0.340 bits per heavy atom. The van der Waals surface area contributed by atoms with E-state index in [1.54, 1.807) is 97.1 Å². The van der Waals surface area contributed by atoms with E-state index in [0.29, 0.717) is 17.8 Å². The third-order valence-corrected chi connectivity index (χ3v) is 14.0. The molecule has 0 aliphatic carbocycles. The second-order valence-corrected chi connectivity index (χ2v) is 16.2. The third kappa shape index (κ3) is 6.58. The van der Waals surface area contributed by atoms with Crippen molar-refractivity contribution in [1.82, 2.24) is 19.9 Å². The molecular weight excluding hydrogens is 704 g/mol. The summed E-state index contributed by atoms with van der Waals surface area (Å²) in [6.07, 6.45) is 8.09. The van der Waals surface area contributed by atoms with Crippen LogP contribution in [-0.2, 0) is 12.8 Å². The van der Waals surface area contributed by atoms with Crippen molar-refractivity contribution < 1.29 is 33.3 Å². The molecule has 9 heteroatoms. The molecule has 2 aliphatic heterocycles. The summed E-state index contributed by atoms with van der Waals surface area (Å²) in [5.41, 5.74) is 7.86. The number of phenolic OH excluding ortho intramolecular Hbond substituents is 4. The minimum atomic E-state index is -3.27. The maximum atomic E-state index is 10.9. The van der Waals surface area contributed by atoms with E-state index in [1.165, 1.54) is 0 Å². The van der Waals surface area contributed by atoms with Crippen LogP contribution in [0.5, 0.6) is 23.0 Å². The van der Waals surface area contributed by atoms with Crippen LogP contribution in [0, 0.1) is 0 Å². The quantitative estimate of drug-likeness (QED) is 0.109. The number of para-hydroxylation sites is 4. The van der Waals surface area contributed by atoms with Crippen molar-refractivity contribution >= 4 is 64.2 Å². The van der Waals surface area contributed by atoms with Crippen molar-refractivity contribution in [3.63, 3.8) is 0 Å². The molecule has 8 nitrogen and oxygen atoms in total. The van der Waals surface area contributed by atoms with Gasteiger partial charge in [-0.1, -0.05) is 0 Å².